The van der Waals surface area contributed by atoms with E-state index in [1.807, 2.05) is 0 Å². The average molecular weight is 317 g/mol. The third-order valence-electron chi connectivity index (χ3n) is 3.62. The van der Waals surface area contributed by atoms with Crippen molar-refractivity contribution in [1.82, 2.24) is 0 Å². The van der Waals surface area contributed by atoms with E-state index < -0.39 is 17.2 Å². The van der Waals surface area contributed by atoms with Gasteiger partial charge >= 0.3 is 5.97 Å². The third-order valence-corrected chi connectivity index (χ3v) is 4.23. The summed E-state index contributed by atoms with van der Waals surface area (Å²) in [6.45, 7) is 0. The Labute approximate surface area is 113 Å². The van der Waals surface area contributed by atoms with Crippen LogP contribution in [0.4, 0.5) is 4.39 Å². The Kier molecular flexibility index (Phi) is 3.61. The highest BCUT2D eigenvalue weighted by atomic mass is 79.9. The lowest BCUT2D eigenvalue weighted by Gasteiger charge is -2.27. The number of methoxy groups -OCH3 is 1. The SMILES string of the molecule is COc1ccc(Br)c(F)c1C1(C(=O)O)CCCC1. The van der Waals surface area contributed by atoms with Gasteiger partial charge in [0.2, 0.25) is 0 Å². The van der Waals surface area contributed by atoms with E-state index in [4.69, 9.17) is 4.74 Å². The molecule has 0 aromatic heterocycles. The average Bonchev–Trinajstić information content (AvgIpc) is 2.82. The fraction of sp³-hybridized carbons (Fsp3) is 0.462. The zero-order valence-electron chi connectivity index (χ0n) is 10.0. The predicted octanol–water partition coefficient (Wildman–Crippen LogP) is 3.49. The summed E-state index contributed by atoms with van der Waals surface area (Å²) in [6, 6.07) is 3.13. The Balaban J connectivity index is 2.67. The number of benzene rings is 1. The Hall–Kier alpha value is -1.10. The van der Waals surface area contributed by atoms with Crippen LogP contribution >= 0.6 is 15.9 Å². The van der Waals surface area contributed by atoms with Gasteiger partial charge in [-0.15, -0.1) is 0 Å². The van der Waals surface area contributed by atoms with Gasteiger partial charge in [-0.2, -0.15) is 0 Å². The maximum Gasteiger partial charge on any atom is 0.314 e. The number of rotatable bonds is 3. The number of carboxylic acids is 1. The van der Waals surface area contributed by atoms with E-state index in [0.29, 0.717) is 18.6 Å². The molecule has 0 amide bonds. The van der Waals surface area contributed by atoms with Crippen LogP contribution in [0.1, 0.15) is 31.2 Å². The van der Waals surface area contributed by atoms with Gasteiger partial charge in [0.1, 0.15) is 11.6 Å². The van der Waals surface area contributed by atoms with Crippen LogP contribution in [0.2, 0.25) is 0 Å². The quantitative estimate of drug-likeness (QED) is 0.928. The van der Waals surface area contributed by atoms with Crippen molar-refractivity contribution in [3.63, 3.8) is 0 Å². The summed E-state index contributed by atoms with van der Waals surface area (Å²) in [5.41, 5.74) is -0.983. The largest absolute Gasteiger partial charge is 0.496 e. The van der Waals surface area contributed by atoms with Gasteiger partial charge in [0, 0.05) is 5.56 Å². The van der Waals surface area contributed by atoms with Crippen LogP contribution in [0.3, 0.4) is 0 Å². The molecule has 0 spiro atoms. The van der Waals surface area contributed by atoms with Crippen LogP contribution in [0.25, 0.3) is 0 Å². The molecule has 0 radical (unpaired) electrons. The van der Waals surface area contributed by atoms with E-state index in [0.717, 1.165) is 12.8 Å². The van der Waals surface area contributed by atoms with Crippen LogP contribution in [-0.2, 0) is 10.2 Å². The lowest BCUT2D eigenvalue weighted by molar-refractivity contribution is -0.143. The molecule has 2 rings (SSSR count). The molecule has 0 unspecified atom stereocenters. The van der Waals surface area contributed by atoms with E-state index in [2.05, 4.69) is 15.9 Å². The van der Waals surface area contributed by atoms with Crippen molar-refractivity contribution in [1.29, 1.82) is 0 Å². The fourth-order valence-electron chi connectivity index (χ4n) is 2.70. The van der Waals surface area contributed by atoms with Gasteiger partial charge in [-0.05, 0) is 40.9 Å². The number of halogens is 2. The molecular weight excluding hydrogens is 303 g/mol. The zero-order chi connectivity index (χ0) is 13.3. The molecule has 5 heteroatoms. The fourth-order valence-corrected chi connectivity index (χ4v) is 3.03. The molecule has 1 saturated carbocycles. The molecule has 1 N–H and O–H groups in total. The van der Waals surface area contributed by atoms with E-state index in [9.17, 15) is 14.3 Å². The molecule has 18 heavy (non-hydrogen) atoms. The maximum atomic E-state index is 14.3. The van der Waals surface area contributed by atoms with Gasteiger partial charge in [-0.3, -0.25) is 4.79 Å². The first-order valence-electron chi connectivity index (χ1n) is 5.79. The number of ether oxygens (including phenoxy) is 1. The van der Waals surface area contributed by atoms with Crippen molar-refractivity contribution in [2.75, 3.05) is 7.11 Å². The molecule has 1 aliphatic rings. The molecule has 0 bridgehead atoms. The van der Waals surface area contributed by atoms with Crippen LogP contribution in [0.5, 0.6) is 5.75 Å². The molecule has 0 saturated heterocycles. The molecule has 0 heterocycles. The molecule has 1 fully saturated rings. The monoisotopic (exact) mass is 316 g/mol. The standard InChI is InChI=1S/C13H14BrFO3/c1-18-9-5-4-8(14)11(15)10(9)13(12(16)17)6-2-3-7-13/h4-5H,2-3,6-7H2,1H3,(H,16,17). The summed E-state index contributed by atoms with van der Waals surface area (Å²) in [4.78, 5) is 11.6. The number of hydrogen-bond acceptors (Lipinski definition) is 2. The van der Waals surface area contributed by atoms with Gasteiger partial charge in [0.25, 0.3) is 0 Å². The smallest absolute Gasteiger partial charge is 0.314 e. The summed E-state index contributed by atoms with van der Waals surface area (Å²) >= 11 is 3.11. The number of carboxylic acid groups (broad SMARTS) is 1. The van der Waals surface area contributed by atoms with Gasteiger partial charge in [0.15, 0.2) is 0 Å². The maximum absolute atomic E-state index is 14.3. The van der Waals surface area contributed by atoms with Crippen molar-refractivity contribution < 1.29 is 19.0 Å². The minimum Gasteiger partial charge on any atom is -0.496 e. The van der Waals surface area contributed by atoms with Gasteiger partial charge in [0.05, 0.1) is 17.0 Å². The second kappa shape index (κ2) is 4.88. The van der Waals surface area contributed by atoms with E-state index >= 15 is 0 Å². The third kappa shape index (κ3) is 1.90. The highest BCUT2D eigenvalue weighted by molar-refractivity contribution is 9.10. The lowest BCUT2D eigenvalue weighted by Crippen LogP contribution is -2.34. The first-order valence-corrected chi connectivity index (χ1v) is 6.58. The van der Waals surface area contributed by atoms with Crippen molar-refractivity contribution >= 4 is 21.9 Å². The number of carbonyl (C=O) groups is 1. The zero-order valence-corrected chi connectivity index (χ0v) is 11.6. The molecule has 1 aliphatic carbocycles. The summed E-state index contributed by atoms with van der Waals surface area (Å²) in [5, 5.41) is 9.51. The van der Waals surface area contributed by atoms with Crippen LogP contribution in [-0.4, -0.2) is 18.2 Å². The Morgan fingerprint density at radius 1 is 1.44 bits per heavy atom. The molecular formula is C13H14BrFO3. The highest BCUT2D eigenvalue weighted by Crippen LogP contribution is 2.47. The summed E-state index contributed by atoms with van der Waals surface area (Å²) in [5.74, 6) is -1.20. The molecule has 0 atom stereocenters. The minimum absolute atomic E-state index is 0.171. The van der Waals surface area contributed by atoms with Crippen molar-refractivity contribution in [2.45, 2.75) is 31.1 Å². The van der Waals surface area contributed by atoms with Gasteiger partial charge in [-0.25, -0.2) is 4.39 Å². The van der Waals surface area contributed by atoms with Crippen LogP contribution in [0, 0.1) is 5.82 Å². The molecule has 3 nitrogen and oxygen atoms in total. The van der Waals surface area contributed by atoms with E-state index in [1.54, 1.807) is 6.07 Å². The topological polar surface area (TPSA) is 46.5 Å². The molecule has 0 aliphatic heterocycles. The van der Waals surface area contributed by atoms with Crippen molar-refractivity contribution in [2.24, 2.45) is 0 Å². The Bertz CT molecular complexity index is 481. The normalized spacial score (nSPS) is 17.7. The second-order valence-corrected chi connectivity index (χ2v) is 5.39. The van der Waals surface area contributed by atoms with Crippen LogP contribution in [0.15, 0.2) is 16.6 Å². The summed E-state index contributed by atoms with van der Waals surface area (Å²) < 4.78 is 19.7. The lowest BCUT2D eigenvalue weighted by atomic mass is 9.78. The van der Waals surface area contributed by atoms with Crippen LogP contribution < -0.4 is 4.74 Å². The van der Waals surface area contributed by atoms with Gasteiger partial charge in [-0.1, -0.05) is 12.8 Å². The Morgan fingerprint density at radius 3 is 2.56 bits per heavy atom. The molecule has 1 aromatic rings. The second-order valence-electron chi connectivity index (χ2n) is 4.53. The highest BCUT2D eigenvalue weighted by Gasteiger charge is 2.47. The summed E-state index contributed by atoms with van der Waals surface area (Å²) in [6.07, 6.45) is 2.49. The van der Waals surface area contributed by atoms with E-state index in [1.165, 1.54) is 13.2 Å². The number of aliphatic carboxylic acids is 1. The first-order chi connectivity index (χ1) is 8.53. The Morgan fingerprint density at radius 2 is 2.06 bits per heavy atom. The van der Waals surface area contributed by atoms with E-state index in [-0.39, 0.29) is 10.0 Å². The molecule has 98 valence electrons. The summed E-state index contributed by atoms with van der Waals surface area (Å²) in [7, 11) is 1.43. The van der Waals surface area contributed by atoms with Gasteiger partial charge < -0.3 is 9.84 Å². The number of hydrogen-bond donors (Lipinski definition) is 1. The van der Waals surface area contributed by atoms with Crippen molar-refractivity contribution in [3.05, 3.63) is 28.0 Å². The van der Waals surface area contributed by atoms with Crippen molar-refractivity contribution in [3.8, 4) is 5.75 Å². The minimum atomic E-state index is -1.15. The molecule has 1 aromatic carbocycles. The predicted molar refractivity (Wildman–Crippen MR) is 68.4 cm³/mol. The first kappa shape index (κ1) is 13.3.